The lowest BCUT2D eigenvalue weighted by molar-refractivity contribution is 0.00219. The van der Waals surface area contributed by atoms with Crippen molar-refractivity contribution in [2.24, 2.45) is 0 Å². The fourth-order valence-corrected chi connectivity index (χ4v) is 2.52. The van der Waals surface area contributed by atoms with Crippen molar-refractivity contribution in [3.63, 3.8) is 0 Å². The van der Waals surface area contributed by atoms with Gasteiger partial charge in [-0.05, 0) is 19.4 Å². The van der Waals surface area contributed by atoms with Crippen molar-refractivity contribution in [3.8, 4) is 6.07 Å². The van der Waals surface area contributed by atoms with Crippen molar-refractivity contribution in [2.45, 2.75) is 24.3 Å². The van der Waals surface area contributed by atoms with Crippen molar-refractivity contribution < 1.29 is 9.53 Å². The van der Waals surface area contributed by atoms with Gasteiger partial charge in [-0.2, -0.15) is 5.26 Å². The van der Waals surface area contributed by atoms with Gasteiger partial charge in [-0.25, -0.2) is 0 Å². The first-order valence-corrected chi connectivity index (χ1v) is 4.80. The van der Waals surface area contributed by atoms with Gasteiger partial charge in [-0.1, -0.05) is 11.8 Å². The number of hydrogen-bond donors (Lipinski definition) is 1. The van der Waals surface area contributed by atoms with Crippen molar-refractivity contribution in [1.82, 2.24) is 5.32 Å². The van der Waals surface area contributed by atoms with Crippen molar-refractivity contribution in [3.05, 3.63) is 11.8 Å². The van der Waals surface area contributed by atoms with Gasteiger partial charge in [0.1, 0.15) is 6.07 Å². The van der Waals surface area contributed by atoms with Gasteiger partial charge in [-0.3, -0.25) is 4.79 Å². The molecule has 0 radical (unpaired) electrons. The van der Waals surface area contributed by atoms with E-state index in [1.807, 2.05) is 6.07 Å². The highest BCUT2D eigenvalue weighted by Gasteiger charge is 2.47. The monoisotopic (exact) mass is 196 g/mol. The number of ether oxygens (including phenoxy) is 1. The van der Waals surface area contributed by atoms with Gasteiger partial charge in [-0.15, -0.1) is 0 Å². The first kappa shape index (κ1) is 8.45. The fourth-order valence-electron chi connectivity index (χ4n) is 1.47. The molecule has 0 aromatic heterocycles. The maximum atomic E-state index is 11.1. The van der Waals surface area contributed by atoms with Gasteiger partial charge in [0.25, 0.3) is 5.24 Å². The van der Waals surface area contributed by atoms with Crippen molar-refractivity contribution in [2.75, 3.05) is 0 Å². The van der Waals surface area contributed by atoms with Gasteiger partial charge in [0.15, 0.2) is 11.5 Å². The minimum absolute atomic E-state index is 0.0806. The molecule has 2 atom stereocenters. The smallest absolute Gasteiger partial charge is 0.282 e. The third-order valence-electron chi connectivity index (χ3n) is 2.16. The highest BCUT2D eigenvalue weighted by atomic mass is 32.2. The zero-order chi connectivity index (χ0) is 9.47. The van der Waals surface area contributed by atoms with Crippen LogP contribution in [0.2, 0.25) is 0 Å². The first-order chi connectivity index (χ1) is 6.14. The number of hydrogen-bond acceptors (Lipinski definition) is 4. The second-order valence-electron chi connectivity index (χ2n) is 3.14. The normalized spacial score (nSPS) is 36.8. The predicted molar refractivity (Wildman–Crippen MR) is 47.7 cm³/mol. The van der Waals surface area contributed by atoms with Gasteiger partial charge < -0.3 is 10.1 Å². The Hall–Kier alpha value is -1.15. The van der Waals surface area contributed by atoms with Crippen LogP contribution in [0.25, 0.3) is 0 Å². The molecule has 1 amide bonds. The molecular formula is C8H8N2O2S. The largest absolute Gasteiger partial charge is 0.457 e. The Bertz CT molecular complexity index is 334. The molecule has 2 aliphatic heterocycles. The molecule has 0 unspecified atom stereocenters. The lowest BCUT2D eigenvalue weighted by Crippen LogP contribution is -2.48. The van der Waals surface area contributed by atoms with Crippen LogP contribution in [0.5, 0.6) is 0 Å². The van der Waals surface area contributed by atoms with Crippen LogP contribution in [0.4, 0.5) is 4.79 Å². The van der Waals surface area contributed by atoms with E-state index < -0.39 is 5.72 Å². The van der Waals surface area contributed by atoms with E-state index in [1.165, 1.54) is 11.8 Å². The Balaban J connectivity index is 2.25. The van der Waals surface area contributed by atoms with E-state index in [0.29, 0.717) is 12.2 Å². The summed E-state index contributed by atoms with van der Waals surface area (Å²) in [5.41, 5.74) is -0.693. The molecule has 1 saturated heterocycles. The Kier molecular flexibility index (Phi) is 1.74. The lowest BCUT2D eigenvalue weighted by Gasteiger charge is -2.32. The van der Waals surface area contributed by atoms with Crippen LogP contribution in [-0.4, -0.2) is 16.2 Å². The minimum Gasteiger partial charge on any atom is -0.457 e. The minimum atomic E-state index is -0.693. The van der Waals surface area contributed by atoms with Gasteiger partial charge >= 0.3 is 0 Å². The van der Waals surface area contributed by atoms with Crippen LogP contribution < -0.4 is 5.32 Å². The molecule has 0 aliphatic carbocycles. The maximum Gasteiger partial charge on any atom is 0.282 e. The topological polar surface area (TPSA) is 62.1 Å². The summed E-state index contributed by atoms with van der Waals surface area (Å²) in [6, 6.07) is 1.93. The molecule has 5 heteroatoms. The summed E-state index contributed by atoms with van der Waals surface area (Å²) < 4.78 is 5.36. The van der Waals surface area contributed by atoms with E-state index in [2.05, 4.69) is 5.32 Å². The highest BCUT2D eigenvalue weighted by molar-refractivity contribution is 8.14. The van der Waals surface area contributed by atoms with Crippen molar-refractivity contribution in [1.29, 1.82) is 5.26 Å². The third kappa shape index (κ3) is 1.27. The summed E-state index contributed by atoms with van der Waals surface area (Å²) in [5.74, 6) is 0.293. The van der Waals surface area contributed by atoms with E-state index >= 15 is 0 Å². The summed E-state index contributed by atoms with van der Waals surface area (Å²) in [5, 5.41) is 11.3. The highest BCUT2D eigenvalue weighted by Crippen LogP contribution is 2.39. The summed E-state index contributed by atoms with van der Waals surface area (Å²) in [7, 11) is 0. The van der Waals surface area contributed by atoms with Crippen molar-refractivity contribution >= 4 is 17.0 Å². The number of allylic oxidation sites excluding steroid dienone is 2. The van der Waals surface area contributed by atoms with Gasteiger partial charge in [0.2, 0.25) is 0 Å². The number of carbonyl (C=O) groups excluding carboxylic acids is 1. The van der Waals surface area contributed by atoms with Crippen LogP contribution >= 0.6 is 11.8 Å². The number of carbonyl (C=O) groups is 1. The van der Waals surface area contributed by atoms with Crippen LogP contribution in [0.15, 0.2) is 11.8 Å². The Labute approximate surface area is 79.9 Å². The summed E-state index contributed by atoms with van der Waals surface area (Å²) in [6.07, 6.45) is 2.42. The number of nitriles is 1. The van der Waals surface area contributed by atoms with Gasteiger partial charge in [0.05, 0.1) is 5.25 Å². The van der Waals surface area contributed by atoms with Crippen LogP contribution in [0.1, 0.15) is 13.3 Å². The zero-order valence-electron chi connectivity index (χ0n) is 7.03. The van der Waals surface area contributed by atoms with E-state index in [4.69, 9.17) is 10.00 Å². The SMILES string of the molecule is C[C@@]12NC(=O)S[C@H]1CC=C(C#N)O2. The van der Waals surface area contributed by atoms with E-state index in [9.17, 15) is 4.79 Å². The lowest BCUT2D eigenvalue weighted by atomic mass is 10.1. The van der Waals surface area contributed by atoms with Crippen LogP contribution in [-0.2, 0) is 4.74 Å². The Morgan fingerprint density at radius 1 is 1.92 bits per heavy atom. The number of nitrogens with zero attached hydrogens (tertiary/aromatic N) is 1. The molecule has 13 heavy (non-hydrogen) atoms. The standard InChI is InChI=1S/C8H8N2O2S/c1-8-6(13-7(11)10-8)3-2-5(4-9)12-8/h2,6H,3H2,1H3,(H,10,11)/t6-,8-/m0/s1. The molecule has 0 bridgehead atoms. The molecule has 1 N–H and O–H groups in total. The summed E-state index contributed by atoms with van der Waals surface area (Å²) in [4.78, 5) is 11.1. The summed E-state index contributed by atoms with van der Waals surface area (Å²) >= 11 is 1.23. The average Bonchev–Trinajstić information content (AvgIpc) is 2.37. The van der Waals surface area contributed by atoms with Crippen LogP contribution in [0.3, 0.4) is 0 Å². The zero-order valence-corrected chi connectivity index (χ0v) is 7.85. The summed E-state index contributed by atoms with van der Waals surface area (Å²) in [6.45, 7) is 1.79. The quantitative estimate of drug-likeness (QED) is 0.635. The maximum absolute atomic E-state index is 11.1. The molecule has 0 aromatic carbocycles. The first-order valence-electron chi connectivity index (χ1n) is 3.92. The van der Waals surface area contributed by atoms with Gasteiger partial charge in [0, 0.05) is 0 Å². The molecule has 2 rings (SSSR count). The van der Waals surface area contributed by atoms with Crippen LogP contribution in [0, 0.1) is 11.3 Å². The number of thioether (sulfide) groups is 1. The number of nitrogens with one attached hydrogen (secondary N) is 1. The predicted octanol–water partition coefficient (Wildman–Crippen LogP) is 1.36. The second kappa shape index (κ2) is 2.67. The molecule has 68 valence electrons. The van der Waals surface area contributed by atoms with E-state index in [1.54, 1.807) is 13.0 Å². The second-order valence-corrected chi connectivity index (χ2v) is 4.32. The average molecular weight is 196 g/mol. The molecule has 2 heterocycles. The Morgan fingerprint density at radius 3 is 3.38 bits per heavy atom. The molecule has 0 spiro atoms. The molecular weight excluding hydrogens is 188 g/mol. The number of rotatable bonds is 0. The third-order valence-corrected chi connectivity index (χ3v) is 3.41. The Morgan fingerprint density at radius 2 is 2.69 bits per heavy atom. The number of fused-ring (bicyclic) bond motifs is 1. The number of amides is 1. The fraction of sp³-hybridized carbons (Fsp3) is 0.500. The van der Waals surface area contributed by atoms with E-state index in [-0.39, 0.29) is 10.5 Å². The molecule has 4 nitrogen and oxygen atoms in total. The molecule has 0 aromatic rings. The molecule has 0 saturated carbocycles. The van der Waals surface area contributed by atoms with E-state index in [0.717, 1.165) is 0 Å². The molecule has 2 aliphatic rings. The molecule has 1 fully saturated rings.